The summed E-state index contributed by atoms with van der Waals surface area (Å²) in [5, 5.41) is 0.866. The van der Waals surface area contributed by atoms with Crippen LogP contribution in [0, 0.1) is 0 Å². The summed E-state index contributed by atoms with van der Waals surface area (Å²) >= 11 is 7.64. The highest BCUT2D eigenvalue weighted by molar-refractivity contribution is 7.89. The number of carbonyl (C=O) groups is 1. The van der Waals surface area contributed by atoms with Crippen molar-refractivity contribution in [2.75, 3.05) is 7.05 Å². The van der Waals surface area contributed by atoms with E-state index in [1.807, 2.05) is 24.3 Å². The highest BCUT2D eigenvalue weighted by Crippen LogP contribution is 2.26. The van der Waals surface area contributed by atoms with E-state index in [2.05, 4.69) is 9.71 Å². The summed E-state index contributed by atoms with van der Waals surface area (Å²) in [7, 11) is -2.21. The number of hydrogen-bond acceptors (Lipinski definition) is 5. The Labute approximate surface area is 179 Å². The molecule has 0 radical (unpaired) electrons. The Morgan fingerprint density at radius 1 is 1.21 bits per heavy atom. The van der Waals surface area contributed by atoms with Gasteiger partial charge in [0.15, 0.2) is 0 Å². The molecule has 0 fully saturated rings. The van der Waals surface area contributed by atoms with Crippen molar-refractivity contribution < 1.29 is 13.2 Å². The molecule has 29 heavy (non-hydrogen) atoms. The van der Waals surface area contributed by atoms with Gasteiger partial charge in [-0.3, -0.25) is 4.79 Å². The van der Waals surface area contributed by atoms with Crippen molar-refractivity contribution in [1.29, 1.82) is 0 Å². The standard InChI is InChI=1S/C20H22ClN3O3S2/c1-20(2,3)23-29(26,27)17-11-13(9-10-14(17)21)19(25)24(4)12-18-22-15-7-5-6-8-16(15)28-18/h5-11,23H,12H2,1-4H3. The Bertz CT molecular complexity index is 1130. The monoisotopic (exact) mass is 451 g/mol. The number of thiazole rings is 1. The van der Waals surface area contributed by atoms with Gasteiger partial charge in [-0.2, -0.15) is 0 Å². The molecule has 0 aliphatic carbocycles. The lowest BCUT2D eigenvalue weighted by molar-refractivity contribution is 0.0785. The molecule has 6 nitrogen and oxygen atoms in total. The zero-order chi connectivity index (χ0) is 21.4. The molecule has 0 spiro atoms. The van der Waals surface area contributed by atoms with Gasteiger partial charge in [-0.15, -0.1) is 11.3 Å². The van der Waals surface area contributed by atoms with Gasteiger partial charge >= 0.3 is 0 Å². The third kappa shape index (κ3) is 5.14. The molecule has 2 aromatic carbocycles. The van der Waals surface area contributed by atoms with Crippen molar-refractivity contribution in [2.24, 2.45) is 0 Å². The van der Waals surface area contributed by atoms with Crippen LogP contribution in [-0.2, 0) is 16.6 Å². The summed E-state index contributed by atoms with van der Waals surface area (Å²) < 4.78 is 29.0. The smallest absolute Gasteiger partial charge is 0.254 e. The molecular weight excluding hydrogens is 430 g/mol. The summed E-state index contributed by atoms with van der Waals surface area (Å²) in [5.74, 6) is -0.312. The number of para-hydroxylation sites is 1. The molecule has 0 bridgehead atoms. The van der Waals surface area contributed by atoms with Gasteiger partial charge in [-0.1, -0.05) is 23.7 Å². The van der Waals surface area contributed by atoms with E-state index < -0.39 is 15.6 Å². The van der Waals surface area contributed by atoms with Gasteiger partial charge in [0, 0.05) is 18.2 Å². The van der Waals surface area contributed by atoms with Gasteiger partial charge < -0.3 is 4.90 Å². The lowest BCUT2D eigenvalue weighted by Crippen LogP contribution is -2.40. The summed E-state index contributed by atoms with van der Waals surface area (Å²) in [6, 6.07) is 12.0. The predicted octanol–water partition coefficient (Wildman–Crippen LogP) is 4.30. The Hall–Kier alpha value is -2.00. The van der Waals surface area contributed by atoms with E-state index in [0.717, 1.165) is 15.2 Å². The highest BCUT2D eigenvalue weighted by atomic mass is 35.5. The first-order valence-electron chi connectivity index (χ1n) is 8.90. The molecule has 1 amide bonds. The molecule has 3 rings (SSSR count). The van der Waals surface area contributed by atoms with Gasteiger partial charge in [0.2, 0.25) is 10.0 Å². The average molecular weight is 452 g/mol. The van der Waals surface area contributed by atoms with Crippen LogP contribution in [-0.4, -0.2) is 36.8 Å². The Morgan fingerprint density at radius 3 is 2.55 bits per heavy atom. The minimum absolute atomic E-state index is 0.0622. The average Bonchev–Trinajstić information content (AvgIpc) is 3.01. The molecule has 1 N–H and O–H groups in total. The number of hydrogen-bond donors (Lipinski definition) is 1. The van der Waals surface area contributed by atoms with E-state index in [-0.39, 0.29) is 21.4 Å². The molecule has 1 aromatic heterocycles. The number of aromatic nitrogens is 1. The number of sulfonamides is 1. The van der Waals surface area contributed by atoms with Crippen LogP contribution in [0.15, 0.2) is 47.4 Å². The van der Waals surface area contributed by atoms with Gasteiger partial charge in [0.1, 0.15) is 9.90 Å². The molecule has 0 saturated carbocycles. The first kappa shape index (κ1) is 21.7. The largest absolute Gasteiger partial charge is 0.335 e. The summed E-state index contributed by atoms with van der Waals surface area (Å²) in [6.45, 7) is 5.53. The van der Waals surface area contributed by atoms with E-state index in [0.29, 0.717) is 6.54 Å². The number of nitrogens with zero attached hydrogens (tertiary/aromatic N) is 2. The molecule has 3 aromatic rings. The number of amides is 1. The molecule has 0 aliphatic rings. The molecule has 154 valence electrons. The maximum Gasteiger partial charge on any atom is 0.254 e. The van der Waals surface area contributed by atoms with Crippen LogP contribution in [0.25, 0.3) is 10.2 Å². The summed E-state index contributed by atoms with van der Waals surface area (Å²) in [4.78, 5) is 18.8. The Kier molecular flexibility index (Phi) is 6.01. The van der Waals surface area contributed by atoms with Gasteiger partial charge in [0.25, 0.3) is 5.91 Å². The van der Waals surface area contributed by atoms with Crippen molar-refractivity contribution >= 4 is 49.1 Å². The highest BCUT2D eigenvalue weighted by Gasteiger charge is 2.26. The topological polar surface area (TPSA) is 79.4 Å². The predicted molar refractivity (Wildman–Crippen MR) is 117 cm³/mol. The molecular formula is C20H22ClN3O3S2. The zero-order valence-corrected chi connectivity index (χ0v) is 19.0. The van der Waals surface area contributed by atoms with Crippen LogP contribution < -0.4 is 4.72 Å². The molecule has 0 aliphatic heterocycles. The number of carbonyl (C=O) groups excluding carboxylic acids is 1. The second kappa shape index (κ2) is 8.02. The van der Waals surface area contributed by atoms with E-state index in [4.69, 9.17) is 11.6 Å². The lowest BCUT2D eigenvalue weighted by Gasteiger charge is -2.21. The van der Waals surface area contributed by atoms with Crippen LogP contribution in [0.1, 0.15) is 36.1 Å². The number of benzene rings is 2. The molecule has 1 heterocycles. The van der Waals surface area contributed by atoms with E-state index in [1.165, 1.54) is 34.4 Å². The quantitative estimate of drug-likeness (QED) is 0.627. The normalized spacial score (nSPS) is 12.3. The van der Waals surface area contributed by atoms with Crippen LogP contribution in [0.2, 0.25) is 5.02 Å². The second-order valence-electron chi connectivity index (χ2n) is 7.74. The molecule has 0 atom stereocenters. The van der Waals surface area contributed by atoms with Crippen LogP contribution in [0.5, 0.6) is 0 Å². The van der Waals surface area contributed by atoms with Crippen molar-refractivity contribution in [3.63, 3.8) is 0 Å². The van der Waals surface area contributed by atoms with Crippen LogP contribution in [0.3, 0.4) is 0 Å². The maximum atomic E-state index is 12.9. The fourth-order valence-corrected chi connectivity index (χ4v) is 5.75. The number of nitrogens with one attached hydrogen (secondary N) is 1. The first-order valence-corrected chi connectivity index (χ1v) is 11.6. The Morgan fingerprint density at radius 2 is 1.90 bits per heavy atom. The van der Waals surface area contributed by atoms with Crippen molar-refractivity contribution in [1.82, 2.24) is 14.6 Å². The van der Waals surface area contributed by atoms with Gasteiger partial charge in [0.05, 0.1) is 21.8 Å². The SMILES string of the molecule is CN(Cc1nc2ccccc2s1)C(=O)c1ccc(Cl)c(S(=O)(=O)NC(C)(C)C)c1. The number of halogens is 1. The summed E-state index contributed by atoms with van der Waals surface area (Å²) in [6.07, 6.45) is 0. The molecule has 0 saturated heterocycles. The summed E-state index contributed by atoms with van der Waals surface area (Å²) in [5.41, 5.74) is 0.458. The van der Waals surface area contributed by atoms with Crippen molar-refractivity contribution in [3.8, 4) is 0 Å². The van der Waals surface area contributed by atoms with Gasteiger partial charge in [-0.05, 0) is 51.1 Å². The van der Waals surface area contributed by atoms with Crippen molar-refractivity contribution in [2.45, 2.75) is 37.8 Å². The zero-order valence-electron chi connectivity index (χ0n) is 16.6. The fourth-order valence-electron chi connectivity index (χ4n) is 2.78. The maximum absolute atomic E-state index is 12.9. The van der Waals surface area contributed by atoms with E-state index >= 15 is 0 Å². The third-order valence-electron chi connectivity index (χ3n) is 3.97. The minimum atomic E-state index is -3.87. The van der Waals surface area contributed by atoms with Crippen LogP contribution in [0.4, 0.5) is 0 Å². The third-order valence-corrected chi connectivity index (χ3v) is 7.23. The van der Waals surface area contributed by atoms with Crippen molar-refractivity contribution in [3.05, 3.63) is 58.1 Å². The van der Waals surface area contributed by atoms with Gasteiger partial charge in [-0.25, -0.2) is 18.1 Å². The minimum Gasteiger partial charge on any atom is -0.335 e. The second-order valence-corrected chi connectivity index (χ2v) is 10.9. The van der Waals surface area contributed by atoms with E-state index in [9.17, 15) is 13.2 Å². The molecule has 9 heteroatoms. The first-order chi connectivity index (χ1) is 13.5. The molecule has 0 unspecified atom stereocenters. The van der Waals surface area contributed by atoms with Crippen LogP contribution >= 0.6 is 22.9 Å². The lowest BCUT2D eigenvalue weighted by atomic mass is 10.1. The number of rotatable bonds is 5. The fraction of sp³-hybridized carbons (Fsp3) is 0.300. The Balaban J connectivity index is 1.85. The van der Waals surface area contributed by atoms with E-state index in [1.54, 1.807) is 27.8 Å². The number of fused-ring (bicyclic) bond motifs is 1.